The molecule has 1 amide bonds. The van der Waals surface area contributed by atoms with Gasteiger partial charge in [0.25, 0.3) is 5.91 Å². The Morgan fingerprint density at radius 2 is 2.04 bits per heavy atom. The molecule has 1 aromatic carbocycles. The van der Waals surface area contributed by atoms with E-state index in [0.717, 1.165) is 0 Å². The molecule has 0 unspecified atom stereocenters. The van der Waals surface area contributed by atoms with Crippen LogP contribution in [0.3, 0.4) is 0 Å². The molecule has 0 bridgehead atoms. The molecule has 0 aliphatic rings. The monoisotopic (exact) mass is 332 g/mol. The van der Waals surface area contributed by atoms with Gasteiger partial charge in [-0.05, 0) is 24.1 Å². The molecule has 0 saturated heterocycles. The minimum Gasteiger partial charge on any atom is -0.467 e. The maximum atomic E-state index is 11.9. The van der Waals surface area contributed by atoms with Crippen LogP contribution < -0.4 is 5.32 Å². The Morgan fingerprint density at radius 3 is 2.62 bits per heavy atom. The summed E-state index contributed by atoms with van der Waals surface area (Å²) in [6.45, 7) is 3.16. The number of amides is 1. The van der Waals surface area contributed by atoms with Gasteiger partial charge >= 0.3 is 11.9 Å². The van der Waals surface area contributed by atoms with Gasteiger partial charge in [-0.3, -0.25) is 4.79 Å². The zero-order chi connectivity index (χ0) is 18.1. The highest BCUT2D eigenvalue weighted by molar-refractivity contribution is 5.92. The minimum atomic E-state index is -0.798. The Hall–Kier alpha value is -2.88. The first-order chi connectivity index (χ1) is 11.4. The molecular weight excluding hydrogens is 312 g/mol. The number of methoxy groups -OCH3 is 1. The number of benzene rings is 1. The van der Waals surface area contributed by atoms with Gasteiger partial charge in [-0.15, -0.1) is 0 Å². The van der Waals surface area contributed by atoms with Crippen molar-refractivity contribution in [1.29, 1.82) is 5.26 Å². The zero-order valence-corrected chi connectivity index (χ0v) is 13.9. The molecule has 1 aromatic rings. The van der Waals surface area contributed by atoms with Crippen molar-refractivity contribution >= 4 is 17.8 Å². The molecular formula is C17H20N2O5. The highest BCUT2D eigenvalue weighted by Gasteiger charge is 2.27. The van der Waals surface area contributed by atoms with E-state index in [1.54, 1.807) is 19.1 Å². The topological polar surface area (TPSA) is 105 Å². The first-order valence-electron chi connectivity index (χ1n) is 7.47. The van der Waals surface area contributed by atoms with Crippen LogP contribution in [0.1, 0.15) is 36.2 Å². The minimum absolute atomic E-state index is 0.121. The van der Waals surface area contributed by atoms with Gasteiger partial charge in [-0.2, -0.15) is 5.26 Å². The Labute approximate surface area is 140 Å². The lowest BCUT2D eigenvalue weighted by molar-refractivity contribution is -0.147. The summed E-state index contributed by atoms with van der Waals surface area (Å²) in [6.07, 6.45) is 0.667. The summed E-state index contributed by atoms with van der Waals surface area (Å²) in [5, 5.41) is 11.3. The van der Waals surface area contributed by atoms with Crippen LogP contribution in [-0.2, 0) is 19.1 Å². The highest BCUT2D eigenvalue weighted by Crippen LogP contribution is 2.09. The quantitative estimate of drug-likeness (QED) is 0.757. The molecule has 7 heteroatoms. The van der Waals surface area contributed by atoms with Crippen LogP contribution in [0.5, 0.6) is 0 Å². The van der Waals surface area contributed by atoms with E-state index >= 15 is 0 Å². The van der Waals surface area contributed by atoms with Crippen molar-refractivity contribution < 1.29 is 23.9 Å². The molecule has 0 aromatic heterocycles. The second-order valence-electron chi connectivity index (χ2n) is 5.22. The second-order valence-corrected chi connectivity index (χ2v) is 5.22. The summed E-state index contributed by atoms with van der Waals surface area (Å²) in [5.74, 6) is -1.99. The lowest BCUT2D eigenvalue weighted by atomic mass is 9.99. The van der Waals surface area contributed by atoms with Crippen LogP contribution in [0, 0.1) is 17.2 Å². The highest BCUT2D eigenvalue weighted by atomic mass is 16.5. The number of carbonyl (C=O) groups is 3. The molecule has 0 radical (unpaired) electrons. The number of nitrogens with zero attached hydrogens (tertiary/aromatic N) is 1. The lowest BCUT2D eigenvalue weighted by Gasteiger charge is -2.21. The average Bonchev–Trinajstić information content (AvgIpc) is 2.62. The van der Waals surface area contributed by atoms with Crippen LogP contribution >= 0.6 is 0 Å². The number of carbonyl (C=O) groups excluding carboxylic acids is 3. The van der Waals surface area contributed by atoms with E-state index in [9.17, 15) is 14.4 Å². The molecule has 0 saturated carbocycles. The van der Waals surface area contributed by atoms with Crippen molar-refractivity contribution in [3.8, 4) is 6.07 Å². The summed E-state index contributed by atoms with van der Waals surface area (Å²) in [5.41, 5.74) is 0.490. The Bertz CT molecular complexity index is 651. The third-order valence-corrected chi connectivity index (χ3v) is 3.55. The Kier molecular flexibility index (Phi) is 7.43. The first kappa shape index (κ1) is 19.2. The van der Waals surface area contributed by atoms with Crippen LogP contribution in [0.25, 0.3) is 0 Å². The van der Waals surface area contributed by atoms with Gasteiger partial charge in [0.05, 0.1) is 24.3 Å². The molecule has 128 valence electrons. The van der Waals surface area contributed by atoms with Crippen LogP contribution in [0.4, 0.5) is 0 Å². The summed E-state index contributed by atoms with van der Waals surface area (Å²) in [6, 6.07) is 7.07. The van der Waals surface area contributed by atoms with E-state index in [2.05, 4.69) is 10.1 Å². The molecule has 24 heavy (non-hydrogen) atoms. The number of nitriles is 1. The summed E-state index contributed by atoms with van der Waals surface area (Å²) < 4.78 is 9.57. The summed E-state index contributed by atoms with van der Waals surface area (Å²) in [4.78, 5) is 35.5. The third kappa shape index (κ3) is 5.39. The summed E-state index contributed by atoms with van der Waals surface area (Å²) >= 11 is 0. The fraction of sp³-hybridized carbons (Fsp3) is 0.412. The first-order valence-corrected chi connectivity index (χ1v) is 7.47. The molecule has 1 N–H and O–H groups in total. The predicted octanol–water partition coefficient (Wildman–Crippen LogP) is 1.42. The zero-order valence-electron chi connectivity index (χ0n) is 13.9. The number of hydrogen-bond donors (Lipinski definition) is 1. The van der Waals surface area contributed by atoms with Crippen molar-refractivity contribution in [1.82, 2.24) is 5.32 Å². The maximum Gasteiger partial charge on any atom is 0.338 e. The fourth-order valence-electron chi connectivity index (χ4n) is 1.94. The number of rotatable bonds is 7. The molecule has 0 aliphatic heterocycles. The van der Waals surface area contributed by atoms with Gasteiger partial charge in [-0.1, -0.05) is 26.3 Å². The smallest absolute Gasteiger partial charge is 0.338 e. The SMILES string of the molecule is CC[C@H](C)[C@@H](NC(=O)COC(=O)c1cccc(C#N)c1)C(=O)OC. The number of hydrogen-bond acceptors (Lipinski definition) is 6. The lowest BCUT2D eigenvalue weighted by Crippen LogP contribution is -2.47. The fourth-order valence-corrected chi connectivity index (χ4v) is 1.94. The van der Waals surface area contributed by atoms with E-state index in [0.29, 0.717) is 12.0 Å². The van der Waals surface area contributed by atoms with Gasteiger partial charge in [0.2, 0.25) is 0 Å². The van der Waals surface area contributed by atoms with Gasteiger partial charge in [0.15, 0.2) is 6.61 Å². The van der Waals surface area contributed by atoms with Crippen molar-refractivity contribution in [3.05, 3.63) is 35.4 Å². The second kappa shape index (κ2) is 9.30. The maximum absolute atomic E-state index is 11.9. The molecule has 1 rings (SSSR count). The van der Waals surface area contributed by atoms with Crippen molar-refractivity contribution in [3.63, 3.8) is 0 Å². The third-order valence-electron chi connectivity index (χ3n) is 3.55. The molecule has 0 fully saturated rings. The Morgan fingerprint density at radius 1 is 1.33 bits per heavy atom. The van der Waals surface area contributed by atoms with E-state index in [4.69, 9.17) is 10.00 Å². The van der Waals surface area contributed by atoms with E-state index in [-0.39, 0.29) is 11.5 Å². The van der Waals surface area contributed by atoms with Gasteiger partial charge < -0.3 is 14.8 Å². The number of esters is 2. The van der Waals surface area contributed by atoms with Gasteiger partial charge in [0.1, 0.15) is 6.04 Å². The van der Waals surface area contributed by atoms with Gasteiger partial charge in [-0.25, -0.2) is 9.59 Å². The van der Waals surface area contributed by atoms with E-state index in [1.807, 2.05) is 13.0 Å². The van der Waals surface area contributed by atoms with Crippen LogP contribution in [0.2, 0.25) is 0 Å². The molecule has 0 heterocycles. The number of ether oxygens (including phenoxy) is 2. The van der Waals surface area contributed by atoms with Crippen LogP contribution in [-0.4, -0.2) is 37.6 Å². The Balaban J connectivity index is 2.62. The number of nitrogens with one attached hydrogen (secondary N) is 1. The van der Waals surface area contributed by atoms with E-state index < -0.39 is 30.5 Å². The summed E-state index contributed by atoms with van der Waals surface area (Å²) in [7, 11) is 1.24. The van der Waals surface area contributed by atoms with Crippen LogP contribution in [0.15, 0.2) is 24.3 Å². The van der Waals surface area contributed by atoms with Crippen molar-refractivity contribution in [2.75, 3.05) is 13.7 Å². The molecule has 0 spiro atoms. The molecule has 7 nitrogen and oxygen atoms in total. The van der Waals surface area contributed by atoms with E-state index in [1.165, 1.54) is 19.2 Å². The van der Waals surface area contributed by atoms with Crippen molar-refractivity contribution in [2.24, 2.45) is 5.92 Å². The van der Waals surface area contributed by atoms with Crippen molar-refractivity contribution in [2.45, 2.75) is 26.3 Å². The molecule has 2 atom stereocenters. The van der Waals surface area contributed by atoms with Gasteiger partial charge in [0, 0.05) is 0 Å². The largest absolute Gasteiger partial charge is 0.467 e. The normalized spacial score (nSPS) is 12.4. The molecule has 0 aliphatic carbocycles. The standard InChI is InChI=1S/C17H20N2O5/c1-4-11(2)15(17(22)23-3)19-14(20)10-24-16(21)13-7-5-6-12(8-13)9-18/h5-8,11,15H,4,10H2,1-3H3,(H,19,20)/t11-,15+/m0/s1. The average molecular weight is 332 g/mol. The predicted molar refractivity (Wildman–Crippen MR) is 84.8 cm³/mol.